The maximum Gasteiger partial charge on any atom is 0.332 e. The maximum absolute atomic E-state index is 12.5. The molecular weight excluding hydrogens is 247 g/mol. The summed E-state index contributed by atoms with van der Waals surface area (Å²) in [5.74, 6) is -0.927. The van der Waals surface area contributed by atoms with Crippen LogP contribution in [0.5, 0.6) is 0 Å². The molecule has 0 radical (unpaired) electrons. The van der Waals surface area contributed by atoms with Crippen molar-refractivity contribution in [2.75, 3.05) is 14.1 Å². The van der Waals surface area contributed by atoms with Crippen molar-refractivity contribution in [2.45, 2.75) is 18.8 Å². The molecule has 0 bridgehead atoms. The van der Waals surface area contributed by atoms with E-state index in [1.807, 2.05) is 6.07 Å². The molecule has 1 aromatic rings. The molecule has 0 atom stereocenters. The first-order valence-electron chi connectivity index (χ1n) is 6.12. The average molecular weight is 263 g/mol. The van der Waals surface area contributed by atoms with Gasteiger partial charge in [0.15, 0.2) is 5.41 Å². The number of hydrogen-bond donors (Lipinski definition) is 0. The zero-order valence-electron chi connectivity index (χ0n) is 11.2. The Labute approximate surface area is 111 Å². The first-order chi connectivity index (χ1) is 8.96. The number of carbonyl (C=O) groups is 3. The number of barbiturate groups is 1. The predicted molar refractivity (Wildman–Crippen MR) is 69.3 cm³/mol. The topological polar surface area (TPSA) is 57.7 Å². The lowest BCUT2D eigenvalue weighted by molar-refractivity contribution is -0.150. The maximum atomic E-state index is 12.5. The molecule has 0 spiro atoms. The highest BCUT2D eigenvalue weighted by Gasteiger charge is 2.55. The lowest BCUT2D eigenvalue weighted by Gasteiger charge is -2.41. The summed E-state index contributed by atoms with van der Waals surface area (Å²) in [6.45, 7) is 1.78. The van der Waals surface area contributed by atoms with Gasteiger partial charge in [-0.15, -0.1) is 0 Å². The number of rotatable bonds is 2. The van der Waals surface area contributed by atoms with Gasteiger partial charge < -0.3 is 0 Å². The summed E-state index contributed by atoms with van der Waals surface area (Å²) in [6, 6.07) is 8.29. The fourth-order valence-electron chi connectivity index (χ4n) is 2.54. The fraction of sp³-hybridized carbons (Fsp3) is 0.357. The van der Waals surface area contributed by atoms with Gasteiger partial charge in [-0.25, -0.2) is 4.79 Å². The van der Waals surface area contributed by atoms with E-state index in [0.29, 0.717) is 12.0 Å². The Balaban J connectivity index is 2.64. The summed E-state index contributed by atoms with van der Waals surface area (Å²) in [5, 5.41) is 0. The quantitative estimate of drug-likeness (QED) is 0.460. The van der Waals surface area contributed by atoms with Gasteiger partial charge in [0.1, 0.15) is 0 Å². The zero-order valence-corrected chi connectivity index (χ0v) is 11.2. The number of nitrogens with zero attached hydrogens (tertiary/aromatic N) is 2. The van der Waals surface area contributed by atoms with Gasteiger partial charge in [-0.2, -0.15) is 0 Å². The molecule has 1 aliphatic heterocycles. The van der Waals surface area contributed by atoms with Crippen LogP contribution < -0.4 is 0 Å². The van der Waals surface area contributed by atoms with Crippen LogP contribution in [0.4, 0.5) is 4.79 Å². The van der Waals surface area contributed by atoms with Crippen LogP contribution in [0.15, 0.2) is 30.3 Å². The van der Waals surface area contributed by atoms with Crippen LogP contribution in [0.25, 0.3) is 0 Å². The van der Waals surface area contributed by atoms with Gasteiger partial charge in [0.05, 0.1) is 0 Å². The van der Waals surface area contributed by atoms with Crippen LogP contribution in [0, 0.1) is 0 Å². The van der Waals surface area contributed by atoms with Gasteiger partial charge in [-0.1, -0.05) is 37.3 Å². The highest BCUT2D eigenvalue weighted by atomic mass is 16.5. The Kier molecular flexibility index (Phi) is 3.14. The number of urea groups is 1. The molecule has 0 N–H and O–H groups in total. The Morgan fingerprint density at radius 2 is 1.42 bits per heavy atom. The number of imide groups is 2. The normalized spacial score (nSPS) is 19.0. The minimum atomic E-state index is -1.29. The first-order valence-corrected chi connectivity index (χ1v) is 6.12. The van der Waals surface area contributed by atoms with Crippen LogP contribution in [-0.4, -0.2) is 41.7 Å². The van der Waals surface area contributed by atoms with Gasteiger partial charge in [0.2, 0.25) is 0 Å². The summed E-state index contributed by atoms with van der Waals surface area (Å²) in [6.07, 6.45) is 0.316. The second-order valence-electron chi connectivity index (χ2n) is 4.64. The summed E-state index contributed by atoms with van der Waals surface area (Å²) in [4.78, 5) is 38.8. The van der Waals surface area contributed by atoms with E-state index in [9.17, 15) is 14.4 Å². The van der Waals surface area contributed by atoms with E-state index < -0.39 is 23.3 Å². The van der Waals surface area contributed by atoms with E-state index in [-0.39, 0.29) is 0 Å². The van der Waals surface area contributed by atoms with E-state index in [2.05, 4.69) is 0 Å². The zero-order chi connectivity index (χ0) is 14.2. The molecule has 1 fully saturated rings. The Hall–Kier alpha value is -2.17. The molecule has 5 heteroatoms. The molecule has 100 valence electrons. The molecule has 0 unspecified atom stereocenters. The Bertz CT molecular complexity index is 515. The molecule has 1 aliphatic rings. The van der Waals surface area contributed by atoms with Crippen LogP contribution in [0.2, 0.25) is 0 Å². The second kappa shape index (κ2) is 4.50. The van der Waals surface area contributed by atoms with Crippen LogP contribution >= 0.6 is 0 Å². The lowest BCUT2D eigenvalue weighted by Crippen LogP contribution is -2.64. The number of likely N-dealkylation sites (N-methyl/N-ethyl adjacent to an activating group) is 2. The minimum absolute atomic E-state index is 0.316. The van der Waals surface area contributed by atoms with E-state index in [1.54, 1.807) is 31.2 Å². The number of hydrogen-bond acceptors (Lipinski definition) is 3. The summed E-state index contributed by atoms with van der Waals surface area (Å²) in [7, 11) is 2.81. The van der Waals surface area contributed by atoms with E-state index in [1.165, 1.54) is 14.1 Å². The summed E-state index contributed by atoms with van der Waals surface area (Å²) in [5.41, 5.74) is -0.669. The minimum Gasteiger partial charge on any atom is -0.273 e. The Morgan fingerprint density at radius 3 is 1.84 bits per heavy atom. The van der Waals surface area contributed by atoms with Gasteiger partial charge in [0, 0.05) is 14.1 Å². The molecule has 0 aliphatic carbocycles. The van der Waals surface area contributed by atoms with Crippen molar-refractivity contribution in [1.82, 2.24) is 9.80 Å². The molecule has 2 rings (SSSR count). The highest BCUT2D eigenvalue weighted by Crippen LogP contribution is 2.35. The van der Waals surface area contributed by atoms with Crippen LogP contribution in [-0.2, 0) is 15.0 Å². The average Bonchev–Trinajstić information content (AvgIpc) is 2.45. The van der Waals surface area contributed by atoms with Crippen molar-refractivity contribution in [1.29, 1.82) is 0 Å². The second-order valence-corrected chi connectivity index (χ2v) is 4.64. The van der Waals surface area contributed by atoms with Gasteiger partial charge in [0.25, 0.3) is 11.8 Å². The molecule has 0 aromatic heterocycles. The molecule has 5 nitrogen and oxygen atoms in total. The monoisotopic (exact) mass is 263 g/mol. The SMILES string of the molecule is CCC1(c2ccccc2)C(=O)[15N](C)[13C](=O)[15N](C)C1=O. The van der Waals surface area contributed by atoms with E-state index in [4.69, 9.17) is 0 Å². The van der Waals surface area contributed by atoms with Gasteiger partial charge in [-0.3, -0.25) is 19.4 Å². The van der Waals surface area contributed by atoms with E-state index in [0.717, 1.165) is 9.80 Å². The highest BCUT2D eigenvalue weighted by molar-refractivity contribution is 6.22. The predicted octanol–water partition coefficient (Wildman–Crippen LogP) is 1.38. The van der Waals surface area contributed by atoms with Crippen molar-refractivity contribution in [2.24, 2.45) is 0 Å². The van der Waals surface area contributed by atoms with E-state index >= 15 is 0 Å². The summed E-state index contributed by atoms with van der Waals surface area (Å²) < 4.78 is 0. The largest absolute Gasteiger partial charge is 0.332 e. The molecular formula is C14H16N2O3. The fourth-order valence-corrected chi connectivity index (χ4v) is 2.54. The molecule has 19 heavy (non-hydrogen) atoms. The molecule has 1 aromatic carbocycles. The van der Waals surface area contributed by atoms with Crippen molar-refractivity contribution in [3.8, 4) is 0 Å². The van der Waals surface area contributed by atoms with Crippen LogP contribution in [0.1, 0.15) is 18.9 Å². The molecule has 1 heterocycles. The third kappa shape index (κ3) is 1.65. The summed E-state index contributed by atoms with van der Waals surface area (Å²) >= 11 is 0. The Morgan fingerprint density at radius 1 is 0.947 bits per heavy atom. The molecule has 0 saturated carbocycles. The number of benzene rings is 1. The number of amides is 4. The standard InChI is InChI=1S/C14H16N2O3/c1-4-14(10-8-6-5-7-9-10)11(17)15(2)13(19)16(3)12(14)18/h5-9H,4H2,1-3H3/i13+1,15+1,16+1. The van der Waals surface area contributed by atoms with Gasteiger partial charge in [-0.05, 0) is 12.0 Å². The lowest BCUT2D eigenvalue weighted by atomic mass is 9.76. The first kappa shape index (κ1) is 13.3. The molecule has 1 saturated heterocycles. The smallest absolute Gasteiger partial charge is 0.273 e. The molecule has 4 amide bonds. The van der Waals surface area contributed by atoms with Gasteiger partial charge >= 0.3 is 6.03 Å². The third-order valence-corrected chi connectivity index (χ3v) is 3.71. The van der Waals surface area contributed by atoms with Crippen molar-refractivity contribution in [3.05, 3.63) is 35.9 Å². The van der Waals surface area contributed by atoms with Crippen molar-refractivity contribution < 1.29 is 14.4 Å². The van der Waals surface area contributed by atoms with Crippen molar-refractivity contribution in [3.63, 3.8) is 0 Å². The third-order valence-electron chi connectivity index (χ3n) is 3.71. The number of carbonyl (C=O) groups excluding carboxylic acids is 3. The van der Waals surface area contributed by atoms with Crippen LogP contribution in [0.3, 0.4) is 0 Å². The van der Waals surface area contributed by atoms with Crippen molar-refractivity contribution >= 4 is 17.8 Å².